The van der Waals surface area contributed by atoms with Crippen molar-refractivity contribution in [1.29, 1.82) is 0 Å². The molecule has 4 heterocycles. The number of rotatable bonds is 4. The van der Waals surface area contributed by atoms with Crippen LogP contribution in [0, 0.1) is 0 Å². The second-order valence-electron chi connectivity index (χ2n) is 9.16. The maximum absolute atomic E-state index is 13.1. The first-order valence-corrected chi connectivity index (χ1v) is 12.6. The van der Waals surface area contributed by atoms with Crippen LogP contribution in [-0.2, 0) is 17.8 Å². The molecule has 0 radical (unpaired) electrons. The van der Waals surface area contributed by atoms with Gasteiger partial charge in [-0.25, -0.2) is 9.97 Å². The van der Waals surface area contributed by atoms with E-state index in [-0.39, 0.29) is 30.5 Å². The standard InChI is InChI=1S/C25H29N5O3S/c1-15-4-3-5-16(2)30(15)21(31)13-33-18-8-6-17(7-9-18)25(32)29-11-10-19-20(12-29)34-24-22(19)23(26)27-14-28-24/h6-9,14-16H,3-5,10-13H2,1-2H3,(H2,26,27,28)/t15-,16-/m0/s1. The fourth-order valence-corrected chi connectivity index (χ4v) is 6.35. The molecular formula is C25H29N5O3S. The zero-order valence-electron chi connectivity index (χ0n) is 19.5. The fraction of sp³-hybridized carbons (Fsp3) is 0.440. The molecule has 2 amide bonds. The predicted octanol–water partition coefficient (Wildman–Crippen LogP) is 3.64. The Balaban J connectivity index is 1.22. The van der Waals surface area contributed by atoms with E-state index in [1.807, 2.05) is 9.80 Å². The zero-order valence-corrected chi connectivity index (χ0v) is 20.3. The molecule has 1 aromatic carbocycles. The lowest BCUT2D eigenvalue weighted by Gasteiger charge is -2.38. The summed E-state index contributed by atoms with van der Waals surface area (Å²) in [6.45, 7) is 5.35. The van der Waals surface area contributed by atoms with Crippen molar-refractivity contribution < 1.29 is 14.3 Å². The number of thiophene rings is 1. The third-order valence-corrected chi connectivity index (χ3v) is 8.02. The number of nitrogens with two attached hydrogens (primary N) is 1. The summed E-state index contributed by atoms with van der Waals surface area (Å²) >= 11 is 1.57. The van der Waals surface area contributed by atoms with Crippen LogP contribution in [0.3, 0.4) is 0 Å². The van der Waals surface area contributed by atoms with Gasteiger partial charge in [-0.2, -0.15) is 0 Å². The summed E-state index contributed by atoms with van der Waals surface area (Å²) < 4.78 is 5.75. The molecule has 8 nitrogen and oxygen atoms in total. The second kappa shape index (κ2) is 9.21. The minimum absolute atomic E-state index is 0.00877. The van der Waals surface area contributed by atoms with Crippen molar-refractivity contribution in [2.45, 2.75) is 58.2 Å². The zero-order chi connectivity index (χ0) is 23.8. The van der Waals surface area contributed by atoms with Crippen LogP contribution in [0.5, 0.6) is 5.75 Å². The summed E-state index contributed by atoms with van der Waals surface area (Å²) in [5.74, 6) is 1.07. The Labute approximate surface area is 202 Å². The summed E-state index contributed by atoms with van der Waals surface area (Å²) in [5.41, 5.74) is 7.82. The van der Waals surface area contributed by atoms with Gasteiger partial charge in [0.2, 0.25) is 0 Å². The Hall–Kier alpha value is -3.20. The van der Waals surface area contributed by atoms with Crippen molar-refractivity contribution in [1.82, 2.24) is 19.8 Å². The number of benzene rings is 1. The van der Waals surface area contributed by atoms with Crippen LogP contribution in [0.4, 0.5) is 5.82 Å². The van der Waals surface area contributed by atoms with E-state index in [1.54, 1.807) is 35.6 Å². The second-order valence-corrected chi connectivity index (χ2v) is 10.2. The smallest absolute Gasteiger partial charge is 0.260 e. The molecule has 2 aliphatic heterocycles. The van der Waals surface area contributed by atoms with E-state index >= 15 is 0 Å². The average molecular weight is 480 g/mol. The monoisotopic (exact) mass is 479 g/mol. The van der Waals surface area contributed by atoms with Crippen LogP contribution >= 0.6 is 11.3 Å². The Morgan fingerprint density at radius 1 is 1.15 bits per heavy atom. The van der Waals surface area contributed by atoms with E-state index in [0.29, 0.717) is 30.2 Å². The Morgan fingerprint density at radius 3 is 2.62 bits per heavy atom. The summed E-state index contributed by atoms with van der Waals surface area (Å²) in [6.07, 6.45) is 5.44. The minimum Gasteiger partial charge on any atom is -0.484 e. The number of nitrogen functional groups attached to an aromatic ring is 1. The highest BCUT2D eigenvalue weighted by Crippen LogP contribution is 2.36. The topological polar surface area (TPSA) is 102 Å². The van der Waals surface area contributed by atoms with Crippen LogP contribution in [-0.4, -0.2) is 56.8 Å². The molecule has 178 valence electrons. The molecule has 0 spiro atoms. The number of aromatic nitrogens is 2. The summed E-state index contributed by atoms with van der Waals surface area (Å²) in [6, 6.07) is 7.53. The molecule has 34 heavy (non-hydrogen) atoms. The number of nitrogens with zero attached hydrogens (tertiary/aromatic N) is 4. The van der Waals surface area contributed by atoms with E-state index in [9.17, 15) is 9.59 Å². The lowest BCUT2D eigenvalue weighted by atomic mass is 9.97. The van der Waals surface area contributed by atoms with Crippen molar-refractivity contribution in [3.63, 3.8) is 0 Å². The lowest BCUT2D eigenvalue weighted by Crippen LogP contribution is -2.49. The number of hydrogen-bond donors (Lipinski definition) is 1. The molecule has 5 rings (SSSR count). The number of ether oxygens (including phenoxy) is 1. The van der Waals surface area contributed by atoms with Gasteiger partial charge >= 0.3 is 0 Å². The first kappa shape index (κ1) is 22.6. The average Bonchev–Trinajstić information content (AvgIpc) is 3.21. The van der Waals surface area contributed by atoms with Gasteiger partial charge in [0, 0.05) is 29.1 Å². The van der Waals surface area contributed by atoms with Gasteiger partial charge in [-0.3, -0.25) is 9.59 Å². The van der Waals surface area contributed by atoms with Crippen molar-refractivity contribution in [2.75, 3.05) is 18.9 Å². The summed E-state index contributed by atoms with van der Waals surface area (Å²) in [4.78, 5) is 40.0. The normalized spacial score (nSPS) is 20.3. The minimum atomic E-state index is -0.0271. The number of anilines is 1. The lowest BCUT2D eigenvalue weighted by molar-refractivity contribution is -0.139. The molecule has 1 fully saturated rings. The molecule has 2 atom stereocenters. The van der Waals surface area contributed by atoms with Gasteiger partial charge in [-0.15, -0.1) is 11.3 Å². The van der Waals surface area contributed by atoms with Gasteiger partial charge in [0.15, 0.2) is 6.61 Å². The molecule has 0 bridgehead atoms. The van der Waals surface area contributed by atoms with Crippen LogP contribution in [0.15, 0.2) is 30.6 Å². The van der Waals surface area contributed by atoms with E-state index in [0.717, 1.165) is 46.3 Å². The van der Waals surface area contributed by atoms with Crippen molar-refractivity contribution in [2.24, 2.45) is 0 Å². The highest BCUT2D eigenvalue weighted by molar-refractivity contribution is 7.19. The van der Waals surface area contributed by atoms with Crippen LogP contribution in [0.25, 0.3) is 10.2 Å². The molecule has 9 heteroatoms. The van der Waals surface area contributed by atoms with Crippen molar-refractivity contribution >= 4 is 39.2 Å². The van der Waals surface area contributed by atoms with Crippen molar-refractivity contribution in [3.8, 4) is 5.75 Å². The number of piperidine rings is 1. The van der Waals surface area contributed by atoms with Crippen molar-refractivity contribution in [3.05, 3.63) is 46.6 Å². The summed E-state index contributed by atoms with van der Waals surface area (Å²) in [7, 11) is 0. The van der Waals surface area contributed by atoms with Gasteiger partial charge < -0.3 is 20.3 Å². The number of hydrogen-bond acceptors (Lipinski definition) is 7. The van der Waals surface area contributed by atoms with Gasteiger partial charge in [0.1, 0.15) is 22.7 Å². The Morgan fingerprint density at radius 2 is 1.88 bits per heavy atom. The predicted molar refractivity (Wildman–Crippen MR) is 132 cm³/mol. The molecular weight excluding hydrogens is 450 g/mol. The largest absolute Gasteiger partial charge is 0.484 e. The quantitative estimate of drug-likeness (QED) is 0.613. The maximum atomic E-state index is 13.1. The maximum Gasteiger partial charge on any atom is 0.260 e. The highest BCUT2D eigenvalue weighted by atomic mass is 32.1. The highest BCUT2D eigenvalue weighted by Gasteiger charge is 2.29. The number of amides is 2. The molecule has 3 aromatic rings. The number of fused-ring (bicyclic) bond motifs is 3. The number of likely N-dealkylation sites (tertiary alicyclic amines) is 1. The number of carbonyl (C=O) groups excluding carboxylic acids is 2. The number of carbonyl (C=O) groups is 2. The van der Waals surface area contributed by atoms with E-state index < -0.39 is 0 Å². The summed E-state index contributed by atoms with van der Waals surface area (Å²) in [5, 5.41) is 0.930. The molecule has 1 saturated heterocycles. The molecule has 2 aromatic heterocycles. The molecule has 0 unspecified atom stereocenters. The van der Waals surface area contributed by atoms with Gasteiger partial charge in [-0.05, 0) is 69.4 Å². The molecule has 2 N–H and O–H groups in total. The molecule has 0 aliphatic carbocycles. The van der Waals surface area contributed by atoms with E-state index in [4.69, 9.17) is 10.5 Å². The van der Waals surface area contributed by atoms with Gasteiger partial charge in [-0.1, -0.05) is 0 Å². The first-order valence-electron chi connectivity index (χ1n) is 11.8. The van der Waals surface area contributed by atoms with Crippen LogP contribution in [0.2, 0.25) is 0 Å². The van der Waals surface area contributed by atoms with Crippen LogP contribution < -0.4 is 10.5 Å². The molecule has 0 saturated carbocycles. The SMILES string of the molecule is C[C@H]1CCC[C@H](C)N1C(=O)COc1ccc(C(=O)N2CCc3c(sc4ncnc(N)c34)C2)cc1. The van der Waals surface area contributed by atoms with Gasteiger partial charge in [0.25, 0.3) is 11.8 Å². The van der Waals surface area contributed by atoms with Crippen LogP contribution in [0.1, 0.15) is 53.9 Å². The van der Waals surface area contributed by atoms with E-state index in [1.165, 1.54) is 6.33 Å². The van der Waals surface area contributed by atoms with E-state index in [2.05, 4.69) is 23.8 Å². The van der Waals surface area contributed by atoms with Gasteiger partial charge in [0.05, 0.1) is 11.9 Å². The third-order valence-electron chi connectivity index (χ3n) is 6.90. The Kier molecular flexibility index (Phi) is 6.12. The third kappa shape index (κ3) is 4.20. The fourth-order valence-electron chi connectivity index (χ4n) is 5.13. The molecule has 2 aliphatic rings. The Bertz CT molecular complexity index is 1220. The first-order chi connectivity index (χ1) is 16.4.